The molecule has 9 heteroatoms. The number of hydrogen-bond donors (Lipinski definition) is 3. The summed E-state index contributed by atoms with van der Waals surface area (Å²) in [5.74, 6) is -2.03. The third kappa shape index (κ3) is 12.5. The molecule has 0 rings (SSSR count). The van der Waals surface area contributed by atoms with E-state index in [9.17, 15) is 24.0 Å². The third-order valence-corrected chi connectivity index (χ3v) is 1.97. The lowest BCUT2D eigenvalue weighted by Gasteiger charge is -2.07. The van der Waals surface area contributed by atoms with Gasteiger partial charge in [0.25, 0.3) is 0 Å². The Morgan fingerprint density at radius 1 is 0.667 bits per heavy atom. The standard InChI is InChI=1S/C12H19N3O6/c1-8(16)3-13-10(18)4-14-11(19)5-15-12(20)7-21-6-9(2)17/h3-7H2,1-2H3,(H,13,18)(H,14,19)(H,15,20). The lowest BCUT2D eigenvalue weighted by Crippen LogP contribution is -2.43. The molecule has 0 aliphatic carbocycles. The Hall–Kier alpha value is -2.29. The summed E-state index contributed by atoms with van der Waals surface area (Å²) in [4.78, 5) is 54.8. The van der Waals surface area contributed by atoms with Gasteiger partial charge in [-0.15, -0.1) is 0 Å². The Morgan fingerprint density at radius 3 is 1.62 bits per heavy atom. The van der Waals surface area contributed by atoms with E-state index in [0.717, 1.165) is 0 Å². The summed E-state index contributed by atoms with van der Waals surface area (Å²) in [7, 11) is 0. The molecule has 0 aliphatic rings. The van der Waals surface area contributed by atoms with Gasteiger partial charge in [-0.3, -0.25) is 24.0 Å². The number of ketones is 2. The first-order chi connectivity index (χ1) is 9.81. The van der Waals surface area contributed by atoms with Gasteiger partial charge in [0, 0.05) is 0 Å². The highest BCUT2D eigenvalue weighted by Crippen LogP contribution is 1.77. The highest BCUT2D eigenvalue weighted by atomic mass is 16.5. The molecule has 118 valence electrons. The molecular formula is C12H19N3O6. The van der Waals surface area contributed by atoms with Crippen molar-refractivity contribution in [3.63, 3.8) is 0 Å². The summed E-state index contributed by atoms with van der Waals surface area (Å²) in [5.41, 5.74) is 0. The largest absolute Gasteiger partial charge is 0.364 e. The molecule has 9 nitrogen and oxygen atoms in total. The molecule has 0 bridgehead atoms. The van der Waals surface area contributed by atoms with Crippen molar-refractivity contribution in [3.8, 4) is 0 Å². The maximum absolute atomic E-state index is 11.3. The predicted molar refractivity (Wildman–Crippen MR) is 71.2 cm³/mol. The van der Waals surface area contributed by atoms with Crippen LogP contribution in [0.1, 0.15) is 13.8 Å². The van der Waals surface area contributed by atoms with Crippen molar-refractivity contribution in [1.82, 2.24) is 16.0 Å². The maximum Gasteiger partial charge on any atom is 0.246 e. The van der Waals surface area contributed by atoms with Gasteiger partial charge in [-0.2, -0.15) is 0 Å². The summed E-state index contributed by atoms with van der Waals surface area (Å²) in [6.07, 6.45) is 0. The lowest BCUT2D eigenvalue weighted by atomic mass is 10.4. The van der Waals surface area contributed by atoms with Crippen LogP contribution in [0.5, 0.6) is 0 Å². The van der Waals surface area contributed by atoms with E-state index in [0.29, 0.717) is 0 Å². The van der Waals surface area contributed by atoms with Crippen LogP contribution in [0.15, 0.2) is 0 Å². The Bertz CT molecular complexity index is 421. The van der Waals surface area contributed by atoms with Crippen LogP contribution in [-0.4, -0.2) is 62.1 Å². The van der Waals surface area contributed by atoms with Crippen molar-refractivity contribution in [2.24, 2.45) is 0 Å². The molecule has 0 saturated heterocycles. The van der Waals surface area contributed by atoms with Crippen LogP contribution in [0.4, 0.5) is 0 Å². The van der Waals surface area contributed by atoms with Crippen LogP contribution in [0.25, 0.3) is 0 Å². The van der Waals surface area contributed by atoms with Gasteiger partial charge < -0.3 is 20.7 Å². The minimum atomic E-state index is -0.562. The quantitative estimate of drug-likeness (QED) is 0.410. The fourth-order valence-corrected chi connectivity index (χ4v) is 1.04. The highest BCUT2D eigenvalue weighted by molar-refractivity contribution is 5.90. The average molecular weight is 301 g/mol. The summed E-state index contributed by atoms with van der Waals surface area (Å²) < 4.78 is 4.75. The highest BCUT2D eigenvalue weighted by Gasteiger charge is 2.08. The van der Waals surface area contributed by atoms with Crippen molar-refractivity contribution in [3.05, 3.63) is 0 Å². The molecule has 3 amide bonds. The molecule has 0 spiro atoms. The molecule has 3 N–H and O–H groups in total. The first-order valence-corrected chi connectivity index (χ1v) is 6.18. The van der Waals surface area contributed by atoms with E-state index in [1.165, 1.54) is 13.8 Å². The maximum atomic E-state index is 11.3. The van der Waals surface area contributed by atoms with Crippen LogP contribution >= 0.6 is 0 Å². The fourth-order valence-electron chi connectivity index (χ4n) is 1.04. The Morgan fingerprint density at radius 2 is 1.14 bits per heavy atom. The van der Waals surface area contributed by atoms with E-state index in [4.69, 9.17) is 4.74 Å². The molecule has 0 aromatic heterocycles. The number of ether oxygens (including phenoxy) is 1. The molecule has 0 atom stereocenters. The fraction of sp³-hybridized carbons (Fsp3) is 0.583. The van der Waals surface area contributed by atoms with Crippen molar-refractivity contribution >= 4 is 29.3 Å². The van der Waals surface area contributed by atoms with Gasteiger partial charge >= 0.3 is 0 Å². The van der Waals surface area contributed by atoms with Crippen molar-refractivity contribution < 1.29 is 28.7 Å². The molecule has 0 saturated carbocycles. The number of carbonyl (C=O) groups excluding carboxylic acids is 5. The van der Waals surface area contributed by atoms with Crippen molar-refractivity contribution in [1.29, 1.82) is 0 Å². The van der Waals surface area contributed by atoms with Gasteiger partial charge in [0.2, 0.25) is 17.7 Å². The zero-order valence-corrected chi connectivity index (χ0v) is 12.0. The molecule has 0 radical (unpaired) electrons. The Labute approximate surface area is 121 Å². The second-order valence-electron chi connectivity index (χ2n) is 4.23. The summed E-state index contributed by atoms with van der Waals surface area (Å²) >= 11 is 0. The monoisotopic (exact) mass is 301 g/mol. The van der Waals surface area contributed by atoms with Gasteiger partial charge in [-0.05, 0) is 13.8 Å². The van der Waals surface area contributed by atoms with Gasteiger partial charge in [-0.1, -0.05) is 0 Å². The van der Waals surface area contributed by atoms with Crippen LogP contribution in [0, 0.1) is 0 Å². The molecule has 0 fully saturated rings. The number of Topliss-reactive ketones (excluding diaryl/α,β-unsaturated/α-hetero) is 2. The van der Waals surface area contributed by atoms with Gasteiger partial charge in [0.1, 0.15) is 19.0 Å². The Balaban J connectivity index is 3.70. The van der Waals surface area contributed by atoms with Gasteiger partial charge in [0.15, 0.2) is 5.78 Å². The smallest absolute Gasteiger partial charge is 0.246 e. The average Bonchev–Trinajstić information content (AvgIpc) is 2.40. The third-order valence-electron chi connectivity index (χ3n) is 1.97. The van der Waals surface area contributed by atoms with E-state index in [1.807, 2.05) is 0 Å². The normalized spacial score (nSPS) is 9.62. The molecule has 0 aromatic carbocycles. The lowest BCUT2D eigenvalue weighted by molar-refractivity contribution is -0.131. The minimum absolute atomic E-state index is 0.0983. The van der Waals surface area contributed by atoms with Crippen molar-refractivity contribution in [2.45, 2.75) is 13.8 Å². The topological polar surface area (TPSA) is 131 Å². The second kappa shape index (κ2) is 10.5. The van der Waals surface area contributed by atoms with Gasteiger partial charge in [0.05, 0.1) is 19.6 Å². The number of hydrogen-bond acceptors (Lipinski definition) is 6. The number of rotatable bonds is 10. The molecule has 21 heavy (non-hydrogen) atoms. The van der Waals surface area contributed by atoms with Crippen LogP contribution in [0.2, 0.25) is 0 Å². The zero-order valence-electron chi connectivity index (χ0n) is 12.0. The first kappa shape index (κ1) is 18.7. The Kier molecular flexibility index (Phi) is 9.35. The molecule has 0 aliphatic heterocycles. The van der Waals surface area contributed by atoms with Crippen LogP contribution in [0.3, 0.4) is 0 Å². The number of amides is 3. The number of nitrogens with one attached hydrogen (secondary N) is 3. The molecule has 0 unspecified atom stereocenters. The SMILES string of the molecule is CC(=O)CNC(=O)CNC(=O)CNC(=O)COCC(C)=O. The van der Waals surface area contributed by atoms with E-state index in [1.54, 1.807) is 0 Å². The van der Waals surface area contributed by atoms with Crippen LogP contribution in [-0.2, 0) is 28.7 Å². The summed E-state index contributed by atoms with van der Waals surface area (Å²) in [6, 6.07) is 0. The van der Waals surface area contributed by atoms with Crippen LogP contribution < -0.4 is 16.0 Å². The van der Waals surface area contributed by atoms with E-state index in [-0.39, 0.29) is 44.4 Å². The second-order valence-corrected chi connectivity index (χ2v) is 4.23. The summed E-state index contributed by atoms with van der Waals surface area (Å²) in [5, 5.41) is 6.82. The zero-order chi connectivity index (χ0) is 16.3. The molecule has 0 heterocycles. The van der Waals surface area contributed by atoms with E-state index in [2.05, 4.69) is 16.0 Å². The molecular weight excluding hydrogens is 282 g/mol. The van der Waals surface area contributed by atoms with E-state index >= 15 is 0 Å². The summed E-state index contributed by atoms with van der Waals surface area (Å²) in [6.45, 7) is 1.44. The van der Waals surface area contributed by atoms with E-state index < -0.39 is 17.7 Å². The predicted octanol–water partition coefficient (Wildman–Crippen LogP) is -2.47. The first-order valence-electron chi connectivity index (χ1n) is 6.18. The van der Waals surface area contributed by atoms with Crippen molar-refractivity contribution in [2.75, 3.05) is 32.8 Å². The minimum Gasteiger partial charge on any atom is -0.364 e. The number of carbonyl (C=O) groups is 5. The van der Waals surface area contributed by atoms with Gasteiger partial charge in [-0.25, -0.2) is 0 Å². The molecule has 0 aromatic rings.